The molecule has 0 unspecified atom stereocenters. The molecule has 0 bridgehead atoms. The third-order valence-electron chi connectivity index (χ3n) is 4.42. The summed E-state index contributed by atoms with van der Waals surface area (Å²) in [6.45, 7) is 7.50. The Hall–Kier alpha value is -1.95. The fourth-order valence-corrected chi connectivity index (χ4v) is 3.28. The molecule has 2 N–H and O–H groups in total. The van der Waals surface area contributed by atoms with E-state index in [9.17, 15) is 5.11 Å². The molecule has 3 rings (SSSR count). The summed E-state index contributed by atoms with van der Waals surface area (Å²) in [5, 5.41) is 17.7. The number of hydrogen-bond donors (Lipinski definition) is 2. The van der Waals surface area contributed by atoms with E-state index in [1.807, 2.05) is 26.1 Å². The molecule has 0 saturated carbocycles. The van der Waals surface area contributed by atoms with Gasteiger partial charge in [0.2, 0.25) is 0 Å². The number of H-pyrrole nitrogens is 1. The Bertz CT molecular complexity index is 669. The smallest absolute Gasteiger partial charge is 0.135 e. The Kier molecular flexibility index (Phi) is 4.61. The van der Waals surface area contributed by atoms with Crippen molar-refractivity contribution in [2.24, 2.45) is 5.92 Å². The van der Waals surface area contributed by atoms with Crippen molar-refractivity contribution in [3.8, 4) is 0 Å². The van der Waals surface area contributed by atoms with Crippen LogP contribution >= 0.6 is 0 Å². The highest BCUT2D eigenvalue weighted by atomic mass is 16.3. The lowest BCUT2D eigenvalue weighted by Gasteiger charge is -2.20. The molecule has 23 heavy (non-hydrogen) atoms. The summed E-state index contributed by atoms with van der Waals surface area (Å²) >= 11 is 0. The topological polar surface area (TPSA) is 77.9 Å². The van der Waals surface area contributed by atoms with Crippen molar-refractivity contribution in [3.05, 3.63) is 35.0 Å². The number of rotatable bonds is 5. The minimum absolute atomic E-state index is 0.183. The summed E-state index contributed by atoms with van der Waals surface area (Å²) in [4.78, 5) is 11.2. The van der Waals surface area contributed by atoms with Crippen LogP contribution in [0.3, 0.4) is 0 Å². The molecular weight excluding hydrogens is 290 g/mol. The zero-order valence-electron chi connectivity index (χ0n) is 14.1. The molecule has 6 heteroatoms. The Morgan fingerprint density at radius 1 is 1.35 bits per heavy atom. The molecule has 1 fully saturated rings. The van der Waals surface area contributed by atoms with Gasteiger partial charge in [0.15, 0.2) is 0 Å². The van der Waals surface area contributed by atoms with Crippen LogP contribution in [0.25, 0.3) is 0 Å². The lowest BCUT2D eigenvalue weighted by atomic mass is 10.0. The molecule has 1 aliphatic rings. The van der Waals surface area contributed by atoms with E-state index in [-0.39, 0.29) is 12.0 Å². The molecule has 0 aliphatic carbocycles. The van der Waals surface area contributed by atoms with Crippen LogP contribution in [0, 0.1) is 19.8 Å². The predicted octanol–water partition coefficient (Wildman–Crippen LogP) is 1.81. The number of nitrogens with one attached hydrogen (secondary N) is 1. The van der Waals surface area contributed by atoms with Crippen LogP contribution in [0.15, 0.2) is 12.3 Å². The number of β-amino-alcohol motifs (C(OH)–C–C–N with tert-alkyl or cyclic N) is 1. The summed E-state index contributed by atoms with van der Waals surface area (Å²) in [7, 11) is 0. The highest BCUT2D eigenvalue weighted by Gasteiger charge is 2.33. The van der Waals surface area contributed by atoms with Gasteiger partial charge in [0.25, 0.3) is 0 Å². The summed E-state index contributed by atoms with van der Waals surface area (Å²) in [6.07, 6.45) is 4.39. The van der Waals surface area contributed by atoms with E-state index in [4.69, 9.17) is 0 Å². The molecule has 124 valence electrons. The first-order valence-electron chi connectivity index (χ1n) is 8.33. The van der Waals surface area contributed by atoms with Gasteiger partial charge in [-0.1, -0.05) is 13.3 Å². The lowest BCUT2D eigenvalue weighted by molar-refractivity contribution is 0.148. The van der Waals surface area contributed by atoms with Crippen molar-refractivity contribution in [2.45, 2.75) is 46.1 Å². The number of aryl methyl sites for hydroxylation is 3. The largest absolute Gasteiger partial charge is 0.391 e. The van der Waals surface area contributed by atoms with Crippen molar-refractivity contribution in [1.29, 1.82) is 0 Å². The number of hydrogen-bond acceptors (Lipinski definition) is 5. The van der Waals surface area contributed by atoms with Gasteiger partial charge in [0.05, 0.1) is 11.8 Å². The minimum Gasteiger partial charge on any atom is -0.391 e. The van der Waals surface area contributed by atoms with Gasteiger partial charge in [0.1, 0.15) is 11.6 Å². The van der Waals surface area contributed by atoms with Gasteiger partial charge in [-0.2, -0.15) is 5.10 Å². The second kappa shape index (κ2) is 6.66. The fraction of sp³-hybridized carbons (Fsp3) is 0.588. The maximum absolute atomic E-state index is 10.5. The summed E-state index contributed by atoms with van der Waals surface area (Å²) < 4.78 is 0. The average Bonchev–Trinajstić information content (AvgIpc) is 3.08. The second-order valence-corrected chi connectivity index (χ2v) is 6.49. The zero-order chi connectivity index (χ0) is 16.4. The molecular formula is C17H25N5O. The van der Waals surface area contributed by atoms with Gasteiger partial charge in [-0.05, 0) is 32.8 Å². The molecule has 2 aromatic rings. The minimum atomic E-state index is -0.350. The summed E-state index contributed by atoms with van der Waals surface area (Å²) in [6, 6.07) is 2.05. The van der Waals surface area contributed by atoms with Crippen molar-refractivity contribution < 1.29 is 5.11 Å². The third-order valence-corrected chi connectivity index (χ3v) is 4.42. The van der Waals surface area contributed by atoms with Gasteiger partial charge >= 0.3 is 0 Å². The van der Waals surface area contributed by atoms with E-state index in [2.05, 4.69) is 32.0 Å². The van der Waals surface area contributed by atoms with E-state index in [1.165, 1.54) is 5.56 Å². The Morgan fingerprint density at radius 3 is 2.87 bits per heavy atom. The first-order valence-corrected chi connectivity index (χ1v) is 8.33. The van der Waals surface area contributed by atoms with Crippen LogP contribution in [0.4, 0.5) is 5.82 Å². The summed E-state index contributed by atoms with van der Waals surface area (Å²) in [5.41, 5.74) is 3.24. The molecule has 2 aromatic heterocycles. The Morgan fingerprint density at radius 2 is 2.17 bits per heavy atom. The molecule has 3 heterocycles. The quantitative estimate of drug-likeness (QED) is 0.880. The maximum atomic E-state index is 10.5. The number of aliphatic hydroxyl groups excluding tert-OH is 1. The first-order chi connectivity index (χ1) is 11.1. The molecule has 6 nitrogen and oxygen atoms in total. The lowest BCUT2D eigenvalue weighted by Crippen LogP contribution is -2.24. The van der Waals surface area contributed by atoms with Crippen molar-refractivity contribution >= 4 is 5.82 Å². The van der Waals surface area contributed by atoms with Gasteiger partial charge in [0, 0.05) is 36.5 Å². The molecule has 0 aromatic carbocycles. The fourth-order valence-electron chi connectivity index (χ4n) is 3.28. The highest BCUT2D eigenvalue weighted by Crippen LogP contribution is 2.28. The van der Waals surface area contributed by atoms with Crippen molar-refractivity contribution in [2.75, 3.05) is 18.0 Å². The average molecular weight is 315 g/mol. The molecule has 0 amide bonds. The van der Waals surface area contributed by atoms with Gasteiger partial charge in [-0.3, -0.25) is 5.10 Å². The Labute approximate surface area is 137 Å². The number of aliphatic hydroxyl groups is 1. The van der Waals surface area contributed by atoms with E-state index in [0.29, 0.717) is 6.54 Å². The normalized spacial score (nSPS) is 21.1. The van der Waals surface area contributed by atoms with Gasteiger partial charge < -0.3 is 10.0 Å². The van der Waals surface area contributed by atoms with Crippen LogP contribution < -0.4 is 4.90 Å². The van der Waals surface area contributed by atoms with Gasteiger partial charge in [-0.15, -0.1) is 0 Å². The van der Waals surface area contributed by atoms with Gasteiger partial charge in [-0.25, -0.2) is 9.97 Å². The van der Waals surface area contributed by atoms with Crippen LogP contribution in [0.1, 0.15) is 36.1 Å². The molecule has 0 radical (unpaired) electrons. The molecule has 1 aliphatic heterocycles. The number of nitrogens with zero attached hydrogens (tertiary/aromatic N) is 4. The number of anilines is 1. The van der Waals surface area contributed by atoms with E-state index in [0.717, 1.165) is 48.8 Å². The predicted molar refractivity (Wildman–Crippen MR) is 89.5 cm³/mol. The van der Waals surface area contributed by atoms with Crippen LogP contribution in [0.5, 0.6) is 0 Å². The first kappa shape index (κ1) is 15.9. The van der Waals surface area contributed by atoms with Crippen molar-refractivity contribution in [3.63, 3.8) is 0 Å². The second-order valence-electron chi connectivity index (χ2n) is 6.49. The monoisotopic (exact) mass is 315 g/mol. The van der Waals surface area contributed by atoms with E-state index in [1.54, 1.807) is 0 Å². The van der Waals surface area contributed by atoms with Crippen LogP contribution in [-0.4, -0.2) is 44.5 Å². The van der Waals surface area contributed by atoms with Crippen LogP contribution in [0.2, 0.25) is 0 Å². The van der Waals surface area contributed by atoms with Crippen molar-refractivity contribution in [1.82, 2.24) is 20.2 Å². The molecule has 1 saturated heterocycles. The Balaban J connectivity index is 1.76. The highest BCUT2D eigenvalue weighted by molar-refractivity contribution is 5.47. The maximum Gasteiger partial charge on any atom is 0.135 e. The van der Waals surface area contributed by atoms with E-state index < -0.39 is 0 Å². The number of aromatic nitrogens is 4. The standard InChI is InChI=1S/C17H25N5O/c1-4-5-13-8-18-12(3)19-17(13)22-9-14(16(23)10-22)7-15-6-11(2)20-21-15/h6,8,14,16,23H,4-5,7,9-10H2,1-3H3,(H,20,21)/t14-,16-/m1/s1. The van der Waals surface area contributed by atoms with E-state index >= 15 is 0 Å². The molecule has 2 atom stereocenters. The third kappa shape index (κ3) is 3.52. The van der Waals surface area contributed by atoms with Crippen LogP contribution in [-0.2, 0) is 12.8 Å². The summed E-state index contributed by atoms with van der Waals surface area (Å²) in [5.74, 6) is 1.95. The number of aromatic amines is 1. The zero-order valence-corrected chi connectivity index (χ0v) is 14.1. The molecule has 0 spiro atoms. The SMILES string of the molecule is CCCc1cnc(C)nc1N1C[C@@H](Cc2cc(C)[nH]n2)[C@H](O)C1.